The molecule has 1 N–H and O–H groups in total. The van der Waals surface area contributed by atoms with Crippen molar-refractivity contribution in [1.82, 2.24) is 25.3 Å². The summed E-state index contributed by atoms with van der Waals surface area (Å²) in [4.78, 5) is 20.4. The average molecular weight is 440 g/mol. The van der Waals surface area contributed by atoms with Crippen molar-refractivity contribution in [2.24, 2.45) is 0 Å². The zero-order valence-electron chi connectivity index (χ0n) is 16.4. The standard InChI is InChI=1S/C20H17FN6O3S/c1-12-9-14(21)4-5-15(12)23-17(28)6-7-18-24-16(27-30-18)11-31-20-26-25-19(29-20)13-3-2-8-22-10-13/h2-5,8-10H,6-7,11H2,1H3,(H,23,28). The first-order valence-corrected chi connectivity index (χ1v) is 10.3. The first-order valence-electron chi connectivity index (χ1n) is 9.31. The van der Waals surface area contributed by atoms with Crippen molar-refractivity contribution in [3.63, 3.8) is 0 Å². The lowest BCUT2D eigenvalue weighted by atomic mass is 10.2. The molecule has 4 rings (SSSR count). The van der Waals surface area contributed by atoms with Gasteiger partial charge < -0.3 is 14.3 Å². The maximum atomic E-state index is 13.1. The molecule has 0 aliphatic heterocycles. The van der Waals surface area contributed by atoms with E-state index < -0.39 is 0 Å². The van der Waals surface area contributed by atoms with Gasteiger partial charge >= 0.3 is 0 Å². The Morgan fingerprint density at radius 1 is 1.26 bits per heavy atom. The number of hydrogen-bond donors (Lipinski definition) is 1. The number of amides is 1. The van der Waals surface area contributed by atoms with Gasteiger partial charge in [-0.25, -0.2) is 4.39 Å². The van der Waals surface area contributed by atoms with E-state index >= 15 is 0 Å². The maximum Gasteiger partial charge on any atom is 0.277 e. The zero-order valence-corrected chi connectivity index (χ0v) is 17.2. The van der Waals surface area contributed by atoms with Crippen molar-refractivity contribution < 1.29 is 18.1 Å². The Bertz CT molecular complexity index is 1180. The molecule has 0 spiro atoms. The molecule has 0 saturated carbocycles. The lowest BCUT2D eigenvalue weighted by Gasteiger charge is -2.07. The number of pyridine rings is 1. The second-order valence-electron chi connectivity index (χ2n) is 6.52. The van der Waals surface area contributed by atoms with Gasteiger partial charge in [-0.1, -0.05) is 16.9 Å². The predicted octanol–water partition coefficient (Wildman–Crippen LogP) is 3.83. The molecule has 0 atom stereocenters. The molecule has 0 saturated heterocycles. The number of aryl methyl sites for hydroxylation is 2. The summed E-state index contributed by atoms with van der Waals surface area (Å²) in [5.41, 5.74) is 1.95. The topological polar surface area (TPSA) is 120 Å². The molecule has 158 valence electrons. The van der Waals surface area contributed by atoms with Gasteiger partial charge in [0.1, 0.15) is 5.82 Å². The molecule has 0 aliphatic carbocycles. The zero-order chi connectivity index (χ0) is 21.6. The van der Waals surface area contributed by atoms with E-state index in [1.54, 1.807) is 25.4 Å². The lowest BCUT2D eigenvalue weighted by Crippen LogP contribution is -2.13. The molecule has 11 heteroatoms. The van der Waals surface area contributed by atoms with Crippen LogP contribution in [-0.4, -0.2) is 31.2 Å². The molecular weight excluding hydrogens is 423 g/mol. The molecule has 0 radical (unpaired) electrons. The molecule has 1 aromatic carbocycles. The minimum atomic E-state index is -0.347. The first kappa shape index (κ1) is 20.7. The van der Waals surface area contributed by atoms with Gasteiger partial charge in [0.2, 0.25) is 17.7 Å². The van der Waals surface area contributed by atoms with Crippen molar-refractivity contribution >= 4 is 23.4 Å². The van der Waals surface area contributed by atoms with Gasteiger partial charge in [-0.2, -0.15) is 4.98 Å². The summed E-state index contributed by atoms with van der Waals surface area (Å²) in [5.74, 6) is 0.989. The maximum absolute atomic E-state index is 13.1. The first-order chi connectivity index (χ1) is 15.1. The third-order valence-corrected chi connectivity index (χ3v) is 4.99. The van der Waals surface area contributed by atoms with Gasteiger partial charge in [-0.3, -0.25) is 9.78 Å². The van der Waals surface area contributed by atoms with Crippen LogP contribution in [0.5, 0.6) is 0 Å². The van der Waals surface area contributed by atoms with Gasteiger partial charge in [0, 0.05) is 30.9 Å². The number of carbonyl (C=O) groups excluding carboxylic acids is 1. The van der Waals surface area contributed by atoms with Crippen LogP contribution in [0, 0.1) is 12.7 Å². The van der Waals surface area contributed by atoms with E-state index in [4.69, 9.17) is 8.94 Å². The number of aromatic nitrogens is 5. The Labute approximate surface area is 180 Å². The third kappa shape index (κ3) is 5.51. The van der Waals surface area contributed by atoms with Crippen molar-refractivity contribution in [2.45, 2.75) is 30.7 Å². The number of hydrogen-bond acceptors (Lipinski definition) is 9. The molecule has 0 bridgehead atoms. The van der Waals surface area contributed by atoms with Gasteiger partial charge in [-0.05, 0) is 42.8 Å². The quantitative estimate of drug-likeness (QED) is 0.408. The number of benzene rings is 1. The van der Waals surface area contributed by atoms with E-state index in [1.165, 1.54) is 30.0 Å². The number of anilines is 1. The van der Waals surface area contributed by atoms with Crippen LogP contribution < -0.4 is 5.32 Å². The number of nitrogens with one attached hydrogen (secondary N) is 1. The van der Waals surface area contributed by atoms with Gasteiger partial charge in [-0.15, -0.1) is 10.2 Å². The van der Waals surface area contributed by atoms with E-state index in [9.17, 15) is 9.18 Å². The second-order valence-corrected chi connectivity index (χ2v) is 7.44. The number of halogens is 1. The molecule has 3 heterocycles. The van der Waals surface area contributed by atoms with E-state index in [0.717, 1.165) is 5.56 Å². The SMILES string of the molecule is Cc1cc(F)ccc1NC(=O)CCc1nc(CSc2nnc(-c3cccnc3)o2)no1. The highest BCUT2D eigenvalue weighted by Gasteiger charge is 2.13. The Morgan fingerprint density at radius 2 is 2.16 bits per heavy atom. The van der Waals surface area contributed by atoms with Crippen LogP contribution in [0.2, 0.25) is 0 Å². The largest absolute Gasteiger partial charge is 0.411 e. The summed E-state index contributed by atoms with van der Waals surface area (Å²) in [6.07, 6.45) is 3.75. The lowest BCUT2D eigenvalue weighted by molar-refractivity contribution is -0.116. The highest BCUT2D eigenvalue weighted by Crippen LogP contribution is 2.24. The Hall–Kier alpha value is -3.60. The van der Waals surface area contributed by atoms with Crippen LogP contribution in [-0.2, 0) is 17.0 Å². The van der Waals surface area contributed by atoms with E-state index in [1.807, 2.05) is 6.07 Å². The van der Waals surface area contributed by atoms with Crippen LogP contribution in [0.25, 0.3) is 11.5 Å². The van der Waals surface area contributed by atoms with Crippen LogP contribution in [0.4, 0.5) is 10.1 Å². The monoisotopic (exact) mass is 440 g/mol. The minimum absolute atomic E-state index is 0.156. The van der Waals surface area contributed by atoms with Crippen molar-refractivity contribution in [3.8, 4) is 11.5 Å². The highest BCUT2D eigenvalue weighted by atomic mass is 32.2. The average Bonchev–Trinajstić information content (AvgIpc) is 3.43. The minimum Gasteiger partial charge on any atom is -0.411 e. The summed E-state index contributed by atoms with van der Waals surface area (Å²) in [7, 11) is 0. The fourth-order valence-electron chi connectivity index (χ4n) is 2.65. The summed E-state index contributed by atoms with van der Waals surface area (Å²) >= 11 is 1.28. The molecule has 9 nitrogen and oxygen atoms in total. The van der Waals surface area contributed by atoms with Crippen molar-refractivity contribution in [1.29, 1.82) is 0 Å². The summed E-state index contributed by atoms with van der Waals surface area (Å²) in [6, 6.07) is 7.80. The number of thioether (sulfide) groups is 1. The molecule has 0 aliphatic rings. The summed E-state index contributed by atoms with van der Waals surface area (Å²) in [5, 5.41) is 15.0. The third-order valence-electron chi connectivity index (χ3n) is 4.18. The number of nitrogens with zero attached hydrogens (tertiary/aromatic N) is 5. The summed E-state index contributed by atoms with van der Waals surface area (Å²) < 4.78 is 23.9. The van der Waals surface area contributed by atoms with Crippen LogP contribution in [0.3, 0.4) is 0 Å². The van der Waals surface area contributed by atoms with Crippen LogP contribution >= 0.6 is 11.8 Å². The highest BCUT2D eigenvalue weighted by molar-refractivity contribution is 7.98. The van der Waals surface area contributed by atoms with E-state index in [-0.39, 0.29) is 24.6 Å². The second kappa shape index (κ2) is 9.47. The fraction of sp³-hybridized carbons (Fsp3) is 0.200. The van der Waals surface area contributed by atoms with Gasteiger partial charge in [0.25, 0.3) is 5.22 Å². The fourth-order valence-corrected chi connectivity index (χ4v) is 3.26. The van der Waals surface area contributed by atoms with Crippen LogP contribution in [0.15, 0.2) is 56.9 Å². The predicted molar refractivity (Wildman–Crippen MR) is 109 cm³/mol. The van der Waals surface area contributed by atoms with Crippen molar-refractivity contribution in [3.05, 3.63) is 65.8 Å². The summed E-state index contributed by atoms with van der Waals surface area (Å²) in [6.45, 7) is 1.73. The van der Waals surface area contributed by atoms with E-state index in [2.05, 4.69) is 30.6 Å². The van der Waals surface area contributed by atoms with E-state index in [0.29, 0.717) is 39.8 Å². The Kier molecular flexibility index (Phi) is 6.32. The molecule has 0 fully saturated rings. The van der Waals surface area contributed by atoms with Gasteiger partial charge in [0.05, 0.1) is 11.3 Å². The van der Waals surface area contributed by atoms with Crippen LogP contribution in [0.1, 0.15) is 23.7 Å². The molecule has 3 aromatic heterocycles. The smallest absolute Gasteiger partial charge is 0.277 e. The van der Waals surface area contributed by atoms with Gasteiger partial charge in [0.15, 0.2) is 5.82 Å². The molecule has 0 unspecified atom stereocenters. The Morgan fingerprint density at radius 3 is 2.97 bits per heavy atom. The molecular formula is C20H17FN6O3S. The number of carbonyl (C=O) groups is 1. The molecule has 4 aromatic rings. The Balaban J connectivity index is 1.26. The molecule has 31 heavy (non-hydrogen) atoms. The normalized spacial score (nSPS) is 10.9. The number of rotatable bonds is 8. The molecule has 1 amide bonds. The van der Waals surface area contributed by atoms with Crippen molar-refractivity contribution in [2.75, 3.05) is 5.32 Å².